The van der Waals surface area contributed by atoms with E-state index in [4.69, 9.17) is 0 Å². The summed E-state index contributed by atoms with van der Waals surface area (Å²) in [6.07, 6.45) is 1.59. The van der Waals surface area contributed by atoms with Crippen molar-refractivity contribution in [3.8, 4) is 5.69 Å². The Morgan fingerprint density at radius 1 is 1.07 bits per heavy atom. The molecule has 148 valence electrons. The fraction of sp³-hybridized carbons (Fsp3) is 0.261. The molecule has 0 N–H and O–H groups in total. The number of thiophene rings is 1. The third kappa shape index (κ3) is 3.63. The van der Waals surface area contributed by atoms with E-state index in [0.29, 0.717) is 5.75 Å². The van der Waals surface area contributed by atoms with E-state index in [-0.39, 0.29) is 5.78 Å². The summed E-state index contributed by atoms with van der Waals surface area (Å²) in [6, 6.07) is 10.4. The molecule has 0 unspecified atom stereocenters. The first-order valence-corrected chi connectivity index (χ1v) is 11.3. The molecule has 4 rings (SSSR count). The second-order valence-electron chi connectivity index (χ2n) is 7.31. The monoisotopic (exact) mass is 421 g/mol. The summed E-state index contributed by atoms with van der Waals surface area (Å²) in [6.45, 7) is 10.3. The number of aromatic nitrogens is 3. The van der Waals surface area contributed by atoms with Gasteiger partial charge in [0.05, 0.1) is 5.75 Å². The predicted octanol–water partition coefficient (Wildman–Crippen LogP) is 6.00. The van der Waals surface area contributed by atoms with Gasteiger partial charge in [0.15, 0.2) is 5.78 Å². The Morgan fingerprint density at radius 2 is 1.79 bits per heavy atom. The maximum atomic E-state index is 13.0. The Balaban J connectivity index is 1.60. The van der Waals surface area contributed by atoms with Crippen molar-refractivity contribution in [3.05, 3.63) is 69.6 Å². The zero-order valence-corrected chi connectivity index (χ0v) is 18.9. The average Bonchev–Trinajstić information content (AvgIpc) is 3.16. The second-order valence-corrected chi connectivity index (χ2v) is 9.48. The van der Waals surface area contributed by atoms with Crippen molar-refractivity contribution >= 4 is 39.1 Å². The smallest absolute Gasteiger partial charge is 0.174 e. The number of Topliss-reactive ketones (excluding diaryl/α,β-unsaturated/α-hetero) is 1. The molecule has 4 nitrogen and oxygen atoms in total. The van der Waals surface area contributed by atoms with Gasteiger partial charge in [0.1, 0.15) is 16.2 Å². The van der Waals surface area contributed by atoms with Gasteiger partial charge in [-0.2, -0.15) is 0 Å². The molecule has 0 saturated carbocycles. The number of carbonyl (C=O) groups excluding carboxylic acids is 1. The molecule has 29 heavy (non-hydrogen) atoms. The first-order valence-electron chi connectivity index (χ1n) is 9.49. The van der Waals surface area contributed by atoms with Crippen LogP contribution in [0.4, 0.5) is 0 Å². The predicted molar refractivity (Wildman–Crippen MR) is 122 cm³/mol. The third-order valence-electron chi connectivity index (χ3n) is 5.29. The van der Waals surface area contributed by atoms with Gasteiger partial charge in [0, 0.05) is 32.9 Å². The lowest BCUT2D eigenvalue weighted by molar-refractivity contribution is 0.102. The van der Waals surface area contributed by atoms with E-state index in [9.17, 15) is 4.79 Å². The first-order chi connectivity index (χ1) is 13.9. The molecular formula is C23H23N3OS2. The van der Waals surface area contributed by atoms with E-state index >= 15 is 0 Å². The summed E-state index contributed by atoms with van der Waals surface area (Å²) < 4.78 is 2.15. The number of hydrogen-bond donors (Lipinski definition) is 0. The van der Waals surface area contributed by atoms with E-state index in [1.165, 1.54) is 27.8 Å². The zero-order chi connectivity index (χ0) is 20.7. The second kappa shape index (κ2) is 7.76. The standard InChI is InChI=1S/C23H23N3OS2/c1-13-6-8-18(9-7-13)26-14(2)10-19(16(26)4)20(27)11-28-22-21-15(3)17(5)29-23(21)25-12-24-22/h6-10,12H,11H2,1-5H3. The molecule has 6 heteroatoms. The van der Waals surface area contributed by atoms with Crippen molar-refractivity contribution in [2.75, 3.05) is 5.75 Å². The Morgan fingerprint density at radius 3 is 2.52 bits per heavy atom. The van der Waals surface area contributed by atoms with Crippen LogP contribution in [0.3, 0.4) is 0 Å². The number of fused-ring (bicyclic) bond motifs is 1. The highest BCUT2D eigenvalue weighted by atomic mass is 32.2. The number of benzene rings is 1. The van der Waals surface area contributed by atoms with Crippen LogP contribution in [0, 0.1) is 34.6 Å². The van der Waals surface area contributed by atoms with Crippen LogP contribution in [-0.2, 0) is 0 Å². The molecule has 4 aromatic rings. The number of rotatable bonds is 5. The highest BCUT2D eigenvalue weighted by Crippen LogP contribution is 2.34. The molecular weight excluding hydrogens is 398 g/mol. The van der Waals surface area contributed by atoms with Crippen LogP contribution >= 0.6 is 23.1 Å². The molecule has 0 bridgehead atoms. The van der Waals surface area contributed by atoms with Gasteiger partial charge in [-0.3, -0.25) is 4.79 Å². The van der Waals surface area contributed by atoms with E-state index in [1.54, 1.807) is 17.7 Å². The molecule has 3 aromatic heterocycles. The largest absolute Gasteiger partial charge is 0.318 e. The third-order valence-corrected chi connectivity index (χ3v) is 7.40. The van der Waals surface area contributed by atoms with Gasteiger partial charge < -0.3 is 4.57 Å². The van der Waals surface area contributed by atoms with Crippen LogP contribution in [0.5, 0.6) is 0 Å². The summed E-state index contributed by atoms with van der Waals surface area (Å²) in [7, 11) is 0. The van der Waals surface area contributed by atoms with Gasteiger partial charge in [-0.15, -0.1) is 11.3 Å². The molecule has 0 spiro atoms. The van der Waals surface area contributed by atoms with Crippen molar-refractivity contribution in [1.82, 2.24) is 14.5 Å². The molecule has 0 saturated heterocycles. The lowest BCUT2D eigenvalue weighted by Crippen LogP contribution is -2.06. The number of aryl methyl sites for hydroxylation is 4. The first kappa shape index (κ1) is 19.9. The van der Waals surface area contributed by atoms with Crippen molar-refractivity contribution in [1.29, 1.82) is 0 Å². The fourth-order valence-electron chi connectivity index (χ4n) is 3.61. The van der Waals surface area contributed by atoms with E-state index < -0.39 is 0 Å². The Hall–Kier alpha value is -2.44. The molecule has 0 amide bonds. The van der Waals surface area contributed by atoms with Gasteiger partial charge in [0.2, 0.25) is 0 Å². The van der Waals surface area contributed by atoms with Gasteiger partial charge in [0.25, 0.3) is 0 Å². The zero-order valence-electron chi connectivity index (χ0n) is 17.2. The van der Waals surface area contributed by atoms with Gasteiger partial charge >= 0.3 is 0 Å². The van der Waals surface area contributed by atoms with E-state index in [1.807, 2.05) is 19.9 Å². The maximum absolute atomic E-state index is 13.0. The summed E-state index contributed by atoms with van der Waals surface area (Å²) in [5.74, 6) is 0.483. The highest BCUT2D eigenvalue weighted by Gasteiger charge is 2.19. The molecule has 3 heterocycles. The van der Waals surface area contributed by atoms with E-state index in [0.717, 1.165) is 37.9 Å². The summed E-state index contributed by atoms with van der Waals surface area (Å²) in [5, 5.41) is 1.97. The van der Waals surface area contributed by atoms with Crippen LogP contribution in [0.1, 0.15) is 37.7 Å². The number of ketones is 1. The minimum absolute atomic E-state index is 0.123. The van der Waals surface area contributed by atoms with Gasteiger partial charge in [-0.25, -0.2) is 9.97 Å². The van der Waals surface area contributed by atoms with Crippen molar-refractivity contribution in [2.24, 2.45) is 0 Å². The van der Waals surface area contributed by atoms with Crippen LogP contribution < -0.4 is 0 Å². The molecule has 0 radical (unpaired) electrons. The average molecular weight is 422 g/mol. The molecule has 0 aliphatic carbocycles. The fourth-order valence-corrected chi connectivity index (χ4v) is 5.61. The van der Waals surface area contributed by atoms with Gasteiger partial charge in [-0.05, 0) is 58.4 Å². The maximum Gasteiger partial charge on any atom is 0.174 e. The number of carbonyl (C=O) groups is 1. The normalized spacial score (nSPS) is 11.3. The molecule has 0 atom stereocenters. The number of thioether (sulfide) groups is 1. The number of nitrogens with zero attached hydrogens (tertiary/aromatic N) is 3. The molecule has 0 fully saturated rings. The van der Waals surface area contributed by atoms with Crippen molar-refractivity contribution in [2.45, 2.75) is 39.6 Å². The highest BCUT2D eigenvalue weighted by molar-refractivity contribution is 8.00. The Kier molecular flexibility index (Phi) is 5.32. The lowest BCUT2D eigenvalue weighted by atomic mass is 10.2. The van der Waals surface area contributed by atoms with Crippen LogP contribution in [-0.4, -0.2) is 26.1 Å². The SMILES string of the molecule is Cc1ccc(-n2c(C)cc(C(=O)CSc3ncnc4sc(C)c(C)c34)c2C)cc1. The molecule has 0 aliphatic rings. The van der Waals surface area contributed by atoms with Crippen molar-refractivity contribution in [3.63, 3.8) is 0 Å². The Labute approximate surface area is 179 Å². The quantitative estimate of drug-likeness (QED) is 0.225. The summed E-state index contributed by atoms with van der Waals surface area (Å²) >= 11 is 3.18. The topological polar surface area (TPSA) is 47.8 Å². The van der Waals surface area contributed by atoms with E-state index in [2.05, 4.69) is 59.6 Å². The number of hydrogen-bond acceptors (Lipinski definition) is 5. The summed E-state index contributed by atoms with van der Waals surface area (Å²) in [5.41, 5.74) is 6.33. The van der Waals surface area contributed by atoms with Crippen LogP contribution in [0.15, 0.2) is 41.7 Å². The van der Waals surface area contributed by atoms with Gasteiger partial charge in [-0.1, -0.05) is 29.5 Å². The summed E-state index contributed by atoms with van der Waals surface area (Å²) in [4.78, 5) is 24.1. The minimum Gasteiger partial charge on any atom is -0.318 e. The van der Waals surface area contributed by atoms with Crippen molar-refractivity contribution < 1.29 is 4.79 Å². The van der Waals surface area contributed by atoms with Crippen LogP contribution in [0.25, 0.3) is 15.9 Å². The molecule has 1 aromatic carbocycles. The minimum atomic E-state index is 0.123. The lowest BCUT2D eigenvalue weighted by Gasteiger charge is -2.10. The van der Waals surface area contributed by atoms with Crippen LogP contribution in [0.2, 0.25) is 0 Å². The Bertz CT molecular complexity index is 1220. The molecule has 0 aliphatic heterocycles.